The first kappa shape index (κ1) is 12.7. The molecule has 0 aliphatic carbocycles. The van der Waals surface area contributed by atoms with E-state index in [1.165, 1.54) is 32.2 Å². The molecule has 1 aromatic rings. The highest BCUT2D eigenvalue weighted by Crippen LogP contribution is 2.27. The van der Waals surface area contributed by atoms with Gasteiger partial charge in [0.1, 0.15) is 0 Å². The van der Waals surface area contributed by atoms with E-state index in [1.54, 1.807) is 0 Å². The van der Waals surface area contributed by atoms with E-state index in [0.717, 1.165) is 37.5 Å². The summed E-state index contributed by atoms with van der Waals surface area (Å²) in [5.41, 5.74) is 0. The summed E-state index contributed by atoms with van der Waals surface area (Å²) in [4.78, 5) is 7.00. The van der Waals surface area contributed by atoms with Gasteiger partial charge in [0.05, 0.1) is 0 Å². The summed E-state index contributed by atoms with van der Waals surface area (Å²) in [6, 6.07) is 0.727. The molecule has 2 saturated heterocycles. The van der Waals surface area contributed by atoms with Gasteiger partial charge in [-0.2, -0.15) is 0 Å². The molecule has 0 saturated carbocycles. The molecule has 2 aliphatic heterocycles. The van der Waals surface area contributed by atoms with Crippen molar-refractivity contribution in [3.05, 3.63) is 25.0 Å². The van der Waals surface area contributed by atoms with Crippen molar-refractivity contribution in [2.45, 2.75) is 38.3 Å². The van der Waals surface area contributed by atoms with Crippen LogP contribution in [0.2, 0.25) is 0 Å². The molecule has 0 bridgehead atoms. The molecule has 3 heterocycles. The fourth-order valence-corrected chi connectivity index (χ4v) is 3.50. The zero-order valence-corrected chi connectivity index (χ0v) is 11.6. The summed E-state index contributed by atoms with van der Waals surface area (Å²) in [7, 11) is 0. The standard InChI is InChI=1S/C15H24N4/c1-2-9-18-11-8-17-15(18)19-10-4-5-13(12-19)14-6-3-7-16-14/h2,8,11,13-14,16H,1,3-7,9-10,12H2. The average molecular weight is 260 g/mol. The smallest absolute Gasteiger partial charge is 0.205 e. The van der Waals surface area contributed by atoms with Crippen molar-refractivity contribution in [3.63, 3.8) is 0 Å². The number of nitrogens with one attached hydrogen (secondary N) is 1. The van der Waals surface area contributed by atoms with Gasteiger partial charge in [-0.05, 0) is 38.1 Å². The average Bonchev–Trinajstić information content (AvgIpc) is 3.10. The van der Waals surface area contributed by atoms with Crippen LogP contribution >= 0.6 is 0 Å². The van der Waals surface area contributed by atoms with E-state index in [4.69, 9.17) is 0 Å². The van der Waals surface area contributed by atoms with Crippen molar-refractivity contribution in [1.29, 1.82) is 0 Å². The Balaban J connectivity index is 1.70. The predicted molar refractivity (Wildman–Crippen MR) is 78.4 cm³/mol. The van der Waals surface area contributed by atoms with Crippen LogP contribution in [-0.2, 0) is 6.54 Å². The molecule has 0 aromatic carbocycles. The molecule has 1 N–H and O–H groups in total. The van der Waals surface area contributed by atoms with Gasteiger partial charge in [-0.25, -0.2) is 4.98 Å². The Kier molecular flexibility index (Phi) is 3.87. The Hall–Kier alpha value is -1.29. The molecule has 2 fully saturated rings. The summed E-state index contributed by atoms with van der Waals surface area (Å²) >= 11 is 0. The van der Waals surface area contributed by atoms with Crippen LogP contribution in [0, 0.1) is 5.92 Å². The molecule has 0 radical (unpaired) electrons. The van der Waals surface area contributed by atoms with E-state index in [2.05, 4.69) is 32.5 Å². The van der Waals surface area contributed by atoms with Gasteiger partial charge in [0.15, 0.2) is 0 Å². The van der Waals surface area contributed by atoms with Gasteiger partial charge >= 0.3 is 0 Å². The van der Waals surface area contributed by atoms with Gasteiger partial charge < -0.3 is 14.8 Å². The first-order valence-electron chi connectivity index (χ1n) is 7.49. The number of allylic oxidation sites excluding steroid dienone is 1. The fraction of sp³-hybridized carbons (Fsp3) is 0.667. The Labute approximate surface area is 115 Å². The lowest BCUT2D eigenvalue weighted by Crippen LogP contribution is -2.44. The topological polar surface area (TPSA) is 33.1 Å². The minimum absolute atomic E-state index is 0.727. The van der Waals surface area contributed by atoms with Crippen molar-refractivity contribution >= 4 is 5.95 Å². The number of rotatable bonds is 4. The summed E-state index contributed by atoms with van der Waals surface area (Å²) in [5, 5.41) is 3.66. The van der Waals surface area contributed by atoms with Crippen LogP contribution in [0.3, 0.4) is 0 Å². The summed E-state index contributed by atoms with van der Waals surface area (Å²) in [6.07, 6.45) is 11.2. The van der Waals surface area contributed by atoms with E-state index in [9.17, 15) is 0 Å². The highest BCUT2D eigenvalue weighted by atomic mass is 15.3. The quantitative estimate of drug-likeness (QED) is 0.841. The number of piperidine rings is 1. The molecule has 19 heavy (non-hydrogen) atoms. The minimum atomic E-state index is 0.727. The molecule has 2 atom stereocenters. The van der Waals surface area contributed by atoms with Gasteiger partial charge in [0.2, 0.25) is 5.95 Å². The SMILES string of the molecule is C=CCn1ccnc1N1CCCC(C2CCCN2)C1. The number of anilines is 1. The van der Waals surface area contributed by atoms with Crippen LogP contribution in [0.15, 0.2) is 25.0 Å². The summed E-state index contributed by atoms with van der Waals surface area (Å²) in [6.45, 7) is 8.15. The maximum Gasteiger partial charge on any atom is 0.205 e. The van der Waals surface area contributed by atoms with Gasteiger partial charge in [-0.1, -0.05) is 6.08 Å². The zero-order valence-electron chi connectivity index (χ0n) is 11.6. The number of nitrogens with zero attached hydrogens (tertiary/aromatic N) is 3. The van der Waals surface area contributed by atoms with Crippen LogP contribution in [0.1, 0.15) is 25.7 Å². The molecule has 3 rings (SSSR count). The van der Waals surface area contributed by atoms with Crippen molar-refractivity contribution in [2.24, 2.45) is 5.92 Å². The van der Waals surface area contributed by atoms with E-state index >= 15 is 0 Å². The predicted octanol–water partition coefficient (Wildman–Crippen LogP) is 2.04. The van der Waals surface area contributed by atoms with Crippen LogP contribution in [0.5, 0.6) is 0 Å². The second-order valence-electron chi connectivity index (χ2n) is 5.72. The van der Waals surface area contributed by atoms with Gasteiger partial charge in [0, 0.05) is 38.1 Å². The number of aromatic nitrogens is 2. The fourth-order valence-electron chi connectivity index (χ4n) is 3.50. The normalized spacial score (nSPS) is 27.7. The lowest BCUT2D eigenvalue weighted by molar-refractivity contribution is 0.325. The third-order valence-electron chi connectivity index (χ3n) is 4.43. The second-order valence-corrected chi connectivity index (χ2v) is 5.72. The largest absolute Gasteiger partial charge is 0.342 e. The van der Waals surface area contributed by atoms with Crippen molar-refractivity contribution in [1.82, 2.24) is 14.9 Å². The molecule has 2 aliphatic rings. The lowest BCUT2D eigenvalue weighted by Gasteiger charge is -2.36. The van der Waals surface area contributed by atoms with Crippen LogP contribution in [-0.4, -0.2) is 35.2 Å². The monoisotopic (exact) mass is 260 g/mol. The molecular formula is C15H24N4. The molecular weight excluding hydrogens is 236 g/mol. The number of hydrogen-bond donors (Lipinski definition) is 1. The van der Waals surface area contributed by atoms with E-state index in [-0.39, 0.29) is 0 Å². The van der Waals surface area contributed by atoms with E-state index in [1.807, 2.05) is 12.3 Å². The molecule has 0 amide bonds. The first-order chi connectivity index (χ1) is 9.38. The minimum Gasteiger partial charge on any atom is -0.342 e. The number of hydrogen-bond acceptors (Lipinski definition) is 3. The van der Waals surface area contributed by atoms with Gasteiger partial charge in [-0.3, -0.25) is 0 Å². The third-order valence-corrected chi connectivity index (χ3v) is 4.43. The number of imidazole rings is 1. The molecule has 2 unspecified atom stereocenters. The molecule has 4 heteroatoms. The van der Waals surface area contributed by atoms with E-state index in [0.29, 0.717) is 0 Å². The van der Waals surface area contributed by atoms with Crippen LogP contribution < -0.4 is 10.2 Å². The highest BCUT2D eigenvalue weighted by molar-refractivity contribution is 5.32. The first-order valence-corrected chi connectivity index (χ1v) is 7.49. The Morgan fingerprint density at radius 2 is 2.37 bits per heavy atom. The Bertz CT molecular complexity index is 420. The molecule has 104 valence electrons. The maximum absolute atomic E-state index is 4.54. The molecule has 0 spiro atoms. The van der Waals surface area contributed by atoms with E-state index < -0.39 is 0 Å². The summed E-state index contributed by atoms with van der Waals surface area (Å²) in [5.74, 6) is 1.90. The van der Waals surface area contributed by atoms with Crippen LogP contribution in [0.4, 0.5) is 5.95 Å². The summed E-state index contributed by atoms with van der Waals surface area (Å²) < 4.78 is 2.19. The zero-order chi connectivity index (χ0) is 13.1. The van der Waals surface area contributed by atoms with Crippen molar-refractivity contribution in [3.8, 4) is 0 Å². The van der Waals surface area contributed by atoms with Gasteiger partial charge in [0.25, 0.3) is 0 Å². The molecule has 4 nitrogen and oxygen atoms in total. The second kappa shape index (κ2) is 5.78. The van der Waals surface area contributed by atoms with Crippen molar-refractivity contribution < 1.29 is 0 Å². The van der Waals surface area contributed by atoms with Crippen molar-refractivity contribution in [2.75, 3.05) is 24.5 Å². The molecule has 1 aromatic heterocycles. The van der Waals surface area contributed by atoms with Crippen LogP contribution in [0.25, 0.3) is 0 Å². The Morgan fingerprint density at radius 1 is 1.42 bits per heavy atom. The lowest BCUT2D eigenvalue weighted by atomic mass is 9.90. The van der Waals surface area contributed by atoms with Gasteiger partial charge in [-0.15, -0.1) is 6.58 Å². The third kappa shape index (κ3) is 2.68. The highest BCUT2D eigenvalue weighted by Gasteiger charge is 2.30. The Morgan fingerprint density at radius 3 is 3.16 bits per heavy atom. The maximum atomic E-state index is 4.54.